The van der Waals surface area contributed by atoms with Gasteiger partial charge >= 0.3 is 0 Å². The number of benzene rings is 1. The van der Waals surface area contributed by atoms with Gasteiger partial charge in [-0.2, -0.15) is 0 Å². The van der Waals surface area contributed by atoms with Crippen LogP contribution in [0.5, 0.6) is 5.75 Å². The van der Waals surface area contributed by atoms with Crippen molar-refractivity contribution in [2.75, 3.05) is 13.7 Å². The Bertz CT molecular complexity index is 350. The fraction of sp³-hybridized carbons (Fsp3) is 0.400. The van der Waals surface area contributed by atoms with E-state index in [1.807, 2.05) is 0 Å². The summed E-state index contributed by atoms with van der Waals surface area (Å²) in [6.07, 6.45) is -3.12. The van der Waals surface area contributed by atoms with Crippen molar-refractivity contribution in [3.63, 3.8) is 0 Å². The first kappa shape index (κ1) is 12.8. The van der Waals surface area contributed by atoms with Crippen molar-refractivity contribution in [1.29, 1.82) is 0 Å². The van der Waals surface area contributed by atoms with Crippen LogP contribution in [0.2, 0.25) is 0 Å². The standard InChI is InChI=1S/C10H13F2NO3/c1-16-5-2-6(11)9(7(12)3-5)10(15)8(14)4-13/h2-3,8,10,14-15H,4,13H2,1H3. The van der Waals surface area contributed by atoms with Crippen molar-refractivity contribution in [3.8, 4) is 5.75 Å². The molecule has 4 nitrogen and oxygen atoms in total. The van der Waals surface area contributed by atoms with Crippen LogP contribution >= 0.6 is 0 Å². The lowest BCUT2D eigenvalue weighted by atomic mass is 10.0. The van der Waals surface area contributed by atoms with E-state index in [0.29, 0.717) is 0 Å². The van der Waals surface area contributed by atoms with Crippen molar-refractivity contribution in [3.05, 3.63) is 29.3 Å². The monoisotopic (exact) mass is 233 g/mol. The molecular weight excluding hydrogens is 220 g/mol. The minimum atomic E-state index is -1.70. The second kappa shape index (κ2) is 5.20. The third kappa shape index (κ3) is 2.46. The topological polar surface area (TPSA) is 75.7 Å². The molecule has 1 rings (SSSR count). The van der Waals surface area contributed by atoms with Crippen LogP contribution in [0.25, 0.3) is 0 Å². The second-order valence-electron chi connectivity index (χ2n) is 3.25. The molecule has 0 heterocycles. The van der Waals surface area contributed by atoms with E-state index in [4.69, 9.17) is 5.73 Å². The third-order valence-electron chi connectivity index (χ3n) is 2.19. The molecule has 1 aromatic carbocycles. The van der Waals surface area contributed by atoms with Crippen molar-refractivity contribution < 1.29 is 23.7 Å². The summed E-state index contributed by atoms with van der Waals surface area (Å²) in [4.78, 5) is 0. The van der Waals surface area contributed by atoms with Crippen molar-refractivity contribution in [1.82, 2.24) is 0 Å². The predicted octanol–water partition coefficient (Wildman–Crippen LogP) is 0.326. The Hall–Kier alpha value is -1.24. The van der Waals surface area contributed by atoms with Crippen LogP contribution in [0, 0.1) is 11.6 Å². The van der Waals surface area contributed by atoms with E-state index >= 15 is 0 Å². The first-order valence-corrected chi connectivity index (χ1v) is 4.60. The van der Waals surface area contributed by atoms with Gasteiger partial charge in [0.05, 0.1) is 18.8 Å². The lowest BCUT2D eigenvalue weighted by molar-refractivity contribution is 0.0198. The Morgan fingerprint density at radius 2 is 1.81 bits per heavy atom. The summed E-state index contributed by atoms with van der Waals surface area (Å²) in [6.45, 7) is -0.300. The third-order valence-corrected chi connectivity index (χ3v) is 2.19. The molecular formula is C10H13F2NO3. The number of nitrogens with two attached hydrogens (primary N) is 1. The minimum Gasteiger partial charge on any atom is -0.497 e. The summed E-state index contributed by atoms with van der Waals surface area (Å²) in [5, 5.41) is 18.7. The number of hydrogen-bond donors (Lipinski definition) is 3. The van der Waals surface area contributed by atoms with E-state index in [2.05, 4.69) is 4.74 Å². The molecule has 0 radical (unpaired) electrons. The van der Waals surface area contributed by atoms with E-state index < -0.39 is 29.4 Å². The lowest BCUT2D eigenvalue weighted by Gasteiger charge is -2.18. The molecule has 1 aromatic rings. The van der Waals surface area contributed by atoms with Crippen LogP contribution in [-0.4, -0.2) is 30.0 Å². The molecule has 2 unspecified atom stereocenters. The number of hydrogen-bond acceptors (Lipinski definition) is 4. The maximum absolute atomic E-state index is 13.4. The Morgan fingerprint density at radius 3 is 2.19 bits per heavy atom. The highest BCUT2D eigenvalue weighted by Gasteiger charge is 2.24. The average molecular weight is 233 g/mol. The molecule has 0 aliphatic carbocycles. The van der Waals surface area contributed by atoms with Gasteiger partial charge in [-0.1, -0.05) is 0 Å². The SMILES string of the molecule is COc1cc(F)c(C(O)C(O)CN)c(F)c1. The van der Waals surface area contributed by atoms with E-state index in [0.717, 1.165) is 12.1 Å². The van der Waals surface area contributed by atoms with Crippen molar-refractivity contribution in [2.24, 2.45) is 5.73 Å². The first-order chi connectivity index (χ1) is 7.51. The maximum Gasteiger partial charge on any atom is 0.135 e. The van der Waals surface area contributed by atoms with Gasteiger partial charge in [-0.25, -0.2) is 8.78 Å². The van der Waals surface area contributed by atoms with Crippen LogP contribution < -0.4 is 10.5 Å². The molecule has 6 heteroatoms. The molecule has 0 saturated carbocycles. The van der Waals surface area contributed by atoms with E-state index in [9.17, 15) is 19.0 Å². The summed E-state index contributed by atoms with van der Waals surface area (Å²) in [6, 6.07) is 1.84. The van der Waals surface area contributed by atoms with Crippen LogP contribution in [0.1, 0.15) is 11.7 Å². The Labute approximate surface area is 91.3 Å². The highest BCUT2D eigenvalue weighted by molar-refractivity contribution is 5.32. The molecule has 0 amide bonds. The minimum absolute atomic E-state index is 0.00631. The van der Waals surface area contributed by atoms with Gasteiger partial charge < -0.3 is 20.7 Å². The molecule has 0 fully saturated rings. The molecule has 0 aliphatic rings. The molecule has 0 aromatic heterocycles. The summed E-state index contributed by atoms with van der Waals surface area (Å²) in [7, 11) is 1.26. The number of ether oxygens (including phenoxy) is 1. The highest BCUT2D eigenvalue weighted by atomic mass is 19.1. The molecule has 90 valence electrons. The molecule has 16 heavy (non-hydrogen) atoms. The van der Waals surface area contributed by atoms with E-state index in [1.165, 1.54) is 7.11 Å². The fourth-order valence-electron chi connectivity index (χ4n) is 1.28. The van der Waals surface area contributed by atoms with E-state index in [1.54, 1.807) is 0 Å². The fourth-order valence-corrected chi connectivity index (χ4v) is 1.28. The second-order valence-corrected chi connectivity index (χ2v) is 3.25. The lowest BCUT2D eigenvalue weighted by Crippen LogP contribution is -2.28. The molecule has 0 aliphatic heterocycles. The zero-order chi connectivity index (χ0) is 12.3. The number of rotatable bonds is 4. The summed E-state index contributed by atoms with van der Waals surface area (Å²) in [5.74, 6) is -1.98. The van der Waals surface area contributed by atoms with Crippen molar-refractivity contribution >= 4 is 0 Å². The van der Waals surface area contributed by atoms with Gasteiger partial charge in [0.1, 0.15) is 23.5 Å². The number of halogens is 2. The molecule has 0 spiro atoms. The zero-order valence-electron chi connectivity index (χ0n) is 8.65. The number of aliphatic hydroxyl groups is 2. The summed E-state index contributed by atoms with van der Waals surface area (Å²) >= 11 is 0. The summed E-state index contributed by atoms with van der Waals surface area (Å²) in [5.41, 5.74) is 4.47. The first-order valence-electron chi connectivity index (χ1n) is 4.60. The van der Waals surface area contributed by atoms with Gasteiger partial charge in [-0.05, 0) is 0 Å². The Kier molecular flexibility index (Phi) is 4.17. The Morgan fingerprint density at radius 1 is 1.31 bits per heavy atom. The largest absolute Gasteiger partial charge is 0.497 e. The van der Waals surface area contributed by atoms with Gasteiger partial charge in [0.2, 0.25) is 0 Å². The zero-order valence-corrected chi connectivity index (χ0v) is 8.65. The van der Waals surface area contributed by atoms with Crippen LogP contribution in [-0.2, 0) is 0 Å². The van der Waals surface area contributed by atoms with Gasteiger partial charge in [0, 0.05) is 18.7 Å². The number of aliphatic hydroxyl groups excluding tert-OH is 2. The van der Waals surface area contributed by atoms with E-state index in [-0.39, 0.29) is 12.3 Å². The summed E-state index contributed by atoms with van der Waals surface area (Å²) < 4.78 is 31.5. The smallest absolute Gasteiger partial charge is 0.135 e. The normalized spacial score (nSPS) is 14.6. The number of methoxy groups -OCH3 is 1. The van der Waals surface area contributed by atoms with Crippen molar-refractivity contribution in [2.45, 2.75) is 12.2 Å². The van der Waals surface area contributed by atoms with Gasteiger partial charge in [0.15, 0.2) is 0 Å². The molecule has 0 saturated heterocycles. The van der Waals surface area contributed by atoms with Crippen LogP contribution in [0.3, 0.4) is 0 Å². The van der Waals surface area contributed by atoms with Gasteiger partial charge in [-0.3, -0.25) is 0 Å². The molecule has 2 atom stereocenters. The molecule has 0 bridgehead atoms. The van der Waals surface area contributed by atoms with Crippen LogP contribution in [0.15, 0.2) is 12.1 Å². The maximum atomic E-state index is 13.4. The van der Waals surface area contributed by atoms with Crippen LogP contribution in [0.4, 0.5) is 8.78 Å². The quantitative estimate of drug-likeness (QED) is 0.700. The predicted molar refractivity (Wildman–Crippen MR) is 52.9 cm³/mol. The average Bonchev–Trinajstić information content (AvgIpc) is 2.26. The van der Waals surface area contributed by atoms with Gasteiger partial charge in [-0.15, -0.1) is 0 Å². The van der Waals surface area contributed by atoms with Gasteiger partial charge in [0.25, 0.3) is 0 Å². The highest BCUT2D eigenvalue weighted by Crippen LogP contribution is 2.27. The Balaban J connectivity index is 3.14. The molecule has 4 N–H and O–H groups in total.